The molecule has 2 heterocycles. The fraction of sp³-hybridized carbons (Fsp3) is 0.538. The van der Waals surface area contributed by atoms with Crippen molar-refractivity contribution >= 4 is 11.7 Å². The van der Waals surface area contributed by atoms with Crippen molar-refractivity contribution in [2.24, 2.45) is 0 Å². The van der Waals surface area contributed by atoms with Gasteiger partial charge in [0.25, 0.3) is 0 Å². The number of hydrogen-bond donors (Lipinski definition) is 1. The largest absolute Gasteiger partial charge is 0.495 e. The summed E-state index contributed by atoms with van der Waals surface area (Å²) in [5.74, 6) is 1.62. The van der Waals surface area contributed by atoms with Crippen molar-refractivity contribution in [2.45, 2.75) is 0 Å². The summed E-state index contributed by atoms with van der Waals surface area (Å²) < 4.78 is 5.06. The van der Waals surface area contributed by atoms with Gasteiger partial charge in [-0.25, -0.2) is 4.98 Å². The van der Waals surface area contributed by atoms with E-state index < -0.39 is 0 Å². The van der Waals surface area contributed by atoms with Gasteiger partial charge >= 0.3 is 0 Å². The van der Waals surface area contributed by atoms with E-state index in [1.807, 2.05) is 29.0 Å². The van der Waals surface area contributed by atoms with Gasteiger partial charge in [0.05, 0.1) is 19.9 Å². The highest BCUT2D eigenvalue weighted by atomic mass is 16.5. The van der Waals surface area contributed by atoms with Crippen LogP contribution in [0.2, 0.25) is 0 Å². The number of carbonyl (C=O) groups excluding carboxylic acids is 1. The van der Waals surface area contributed by atoms with E-state index in [1.54, 1.807) is 13.3 Å². The fourth-order valence-corrected chi connectivity index (χ4v) is 2.02. The quantitative estimate of drug-likeness (QED) is 0.827. The number of ether oxygens (including phenoxy) is 1. The summed E-state index contributed by atoms with van der Waals surface area (Å²) in [5.41, 5.74) is 0. The first-order chi connectivity index (χ1) is 9.20. The molecule has 6 nitrogen and oxygen atoms in total. The Labute approximate surface area is 113 Å². The molecule has 1 aromatic heterocycles. The average molecular weight is 264 g/mol. The Morgan fingerprint density at radius 1 is 1.47 bits per heavy atom. The maximum Gasteiger partial charge on any atom is 0.242 e. The number of nitrogens with one attached hydrogen (secondary N) is 1. The molecule has 1 aliphatic rings. The van der Waals surface area contributed by atoms with E-state index in [-0.39, 0.29) is 5.91 Å². The van der Waals surface area contributed by atoms with Gasteiger partial charge in [0.15, 0.2) is 0 Å². The zero-order valence-corrected chi connectivity index (χ0v) is 11.4. The van der Waals surface area contributed by atoms with Crippen LogP contribution in [0.15, 0.2) is 18.3 Å². The lowest BCUT2D eigenvalue weighted by atomic mass is 10.3. The second kappa shape index (κ2) is 6.38. The molecule has 1 amide bonds. The summed E-state index contributed by atoms with van der Waals surface area (Å²) >= 11 is 0. The molecule has 0 bridgehead atoms. The van der Waals surface area contributed by atoms with Crippen LogP contribution in [0.1, 0.15) is 0 Å². The SMILES string of the molecule is COc1ccc(N(C)CC(=O)N2CCNCC2)nc1. The maximum atomic E-state index is 12.1. The van der Waals surface area contributed by atoms with Crippen LogP contribution in [0.3, 0.4) is 0 Å². The number of carbonyl (C=O) groups is 1. The first-order valence-corrected chi connectivity index (χ1v) is 6.40. The van der Waals surface area contributed by atoms with Gasteiger partial charge in [-0.05, 0) is 12.1 Å². The lowest BCUT2D eigenvalue weighted by Gasteiger charge is -2.29. The molecule has 19 heavy (non-hydrogen) atoms. The molecule has 0 aliphatic carbocycles. The van der Waals surface area contributed by atoms with Crippen molar-refractivity contribution in [2.75, 3.05) is 51.8 Å². The molecule has 0 saturated carbocycles. The second-order valence-electron chi connectivity index (χ2n) is 4.54. The van der Waals surface area contributed by atoms with Gasteiger partial charge in [0.1, 0.15) is 11.6 Å². The number of piperazine rings is 1. The molecule has 1 aromatic rings. The number of pyridine rings is 1. The number of anilines is 1. The minimum atomic E-state index is 0.140. The van der Waals surface area contributed by atoms with Crippen LogP contribution in [0, 0.1) is 0 Å². The summed E-state index contributed by atoms with van der Waals surface area (Å²) in [7, 11) is 3.48. The summed E-state index contributed by atoms with van der Waals surface area (Å²) in [4.78, 5) is 20.1. The molecule has 0 aromatic carbocycles. The second-order valence-corrected chi connectivity index (χ2v) is 4.54. The van der Waals surface area contributed by atoms with E-state index in [0.717, 1.165) is 32.0 Å². The van der Waals surface area contributed by atoms with Crippen LogP contribution in [-0.4, -0.2) is 62.7 Å². The van der Waals surface area contributed by atoms with Gasteiger partial charge in [0, 0.05) is 33.2 Å². The minimum absolute atomic E-state index is 0.140. The molecule has 2 rings (SSSR count). The van der Waals surface area contributed by atoms with Gasteiger partial charge in [-0.2, -0.15) is 0 Å². The maximum absolute atomic E-state index is 12.1. The van der Waals surface area contributed by atoms with Gasteiger partial charge < -0.3 is 19.9 Å². The van der Waals surface area contributed by atoms with E-state index in [2.05, 4.69) is 10.3 Å². The Kier molecular flexibility index (Phi) is 4.57. The monoisotopic (exact) mass is 264 g/mol. The fourth-order valence-electron chi connectivity index (χ4n) is 2.02. The summed E-state index contributed by atoms with van der Waals surface area (Å²) in [5, 5.41) is 3.23. The molecular formula is C13H20N4O2. The van der Waals surface area contributed by atoms with E-state index >= 15 is 0 Å². The molecular weight excluding hydrogens is 244 g/mol. The lowest BCUT2D eigenvalue weighted by Crippen LogP contribution is -2.49. The van der Waals surface area contributed by atoms with Crippen molar-refractivity contribution < 1.29 is 9.53 Å². The Hall–Kier alpha value is -1.82. The number of nitrogens with zero attached hydrogens (tertiary/aromatic N) is 3. The number of aromatic nitrogens is 1. The van der Waals surface area contributed by atoms with E-state index in [4.69, 9.17) is 4.74 Å². The number of amides is 1. The predicted octanol–water partition coefficient (Wildman–Crippen LogP) is -0.0418. The van der Waals surface area contributed by atoms with Crippen molar-refractivity contribution in [3.05, 3.63) is 18.3 Å². The zero-order valence-electron chi connectivity index (χ0n) is 11.4. The standard InChI is InChI=1S/C13H20N4O2/c1-16(12-4-3-11(19-2)9-15-12)10-13(18)17-7-5-14-6-8-17/h3-4,9,14H,5-8,10H2,1-2H3. The van der Waals surface area contributed by atoms with Gasteiger partial charge in [-0.15, -0.1) is 0 Å². The number of rotatable bonds is 4. The van der Waals surface area contributed by atoms with Crippen molar-refractivity contribution in [3.63, 3.8) is 0 Å². The zero-order chi connectivity index (χ0) is 13.7. The van der Waals surface area contributed by atoms with Crippen molar-refractivity contribution in [3.8, 4) is 5.75 Å². The number of hydrogen-bond acceptors (Lipinski definition) is 5. The highest BCUT2D eigenvalue weighted by molar-refractivity contribution is 5.81. The average Bonchev–Trinajstić information content (AvgIpc) is 2.48. The van der Waals surface area contributed by atoms with Gasteiger partial charge in [-0.1, -0.05) is 0 Å². The van der Waals surface area contributed by atoms with Crippen LogP contribution in [0.25, 0.3) is 0 Å². The van der Waals surface area contributed by atoms with Crippen LogP contribution >= 0.6 is 0 Å². The predicted molar refractivity (Wildman–Crippen MR) is 73.5 cm³/mol. The summed E-state index contributed by atoms with van der Waals surface area (Å²) in [6, 6.07) is 3.69. The molecule has 0 atom stereocenters. The molecule has 104 valence electrons. The summed E-state index contributed by atoms with van der Waals surface area (Å²) in [6.07, 6.45) is 1.65. The molecule has 0 radical (unpaired) electrons. The Morgan fingerprint density at radius 2 is 2.21 bits per heavy atom. The third kappa shape index (κ3) is 3.57. The molecule has 0 unspecified atom stereocenters. The van der Waals surface area contributed by atoms with Crippen molar-refractivity contribution in [1.29, 1.82) is 0 Å². The molecule has 1 aliphatic heterocycles. The number of methoxy groups -OCH3 is 1. The Morgan fingerprint density at radius 3 is 2.79 bits per heavy atom. The van der Waals surface area contributed by atoms with E-state index in [9.17, 15) is 4.79 Å². The molecule has 0 spiro atoms. The van der Waals surface area contributed by atoms with Gasteiger partial charge in [0.2, 0.25) is 5.91 Å². The van der Waals surface area contributed by atoms with Crippen LogP contribution in [0.5, 0.6) is 5.75 Å². The van der Waals surface area contributed by atoms with Crippen LogP contribution < -0.4 is 15.0 Å². The topological polar surface area (TPSA) is 57.7 Å². The molecule has 6 heteroatoms. The van der Waals surface area contributed by atoms with Crippen molar-refractivity contribution in [1.82, 2.24) is 15.2 Å². The first-order valence-electron chi connectivity index (χ1n) is 6.40. The number of likely N-dealkylation sites (N-methyl/N-ethyl adjacent to an activating group) is 1. The van der Waals surface area contributed by atoms with Crippen LogP contribution in [0.4, 0.5) is 5.82 Å². The molecule has 1 fully saturated rings. The molecule has 1 N–H and O–H groups in total. The molecule has 1 saturated heterocycles. The van der Waals surface area contributed by atoms with E-state index in [0.29, 0.717) is 12.3 Å². The smallest absolute Gasteiger partial charge is 0.242 e. The van der Waals surface area contributed by atoms with Crippen LogP contribution in [-0.2, 0) is 4.79 Å². The van der Waals surface area contributed by atoms with Gasteiger partial charge in [-0.3, -0.25) is 4.79 Å². The minimum Gasteiger partial charge on any atom is -0.495 e. The highest BCUT2D eigenvalue weighted by Crippen LogP contribution is 2.14. The van der Waals surface area contributed by atoms with E-state index in [1.165, 1.54) is 0 Å². The normalized spacial score (nSPS) is 15.2. The lowest BCUT2D eigenvalue weighted by molar-refractivity contribution is -0.130. The first kappa shape index (κ1) is 13.6. The Balaban J connectivity index is 1.91. The highest BCUT2D eigenvalue weighted by Gasteiger charge is 2.18. The third-order valence-corrected chi connectivity index (χ3v) is 3.19. The third-order valence-electron chi connectivity index (χ3n) is 3.19. The summed E-state index contributed by atoms with van der Waals surface area (Å²) in [6.45, 7) is 3.65. The Bertz CT molecular complexity index is 415.